The number of carbonyl (C=O) groups is 1. The van der Waals surface area contributed by atoms with E-state index in [0.717, 1.165) is 17.3 Å². The Labute approximate surface area is 117 Å². The summed E-state index contributed by atoms with van der Waals surface area (Å²) in [5.41, 5.74) is -0.284. The summed E-state index contributed by atoms with van der Waals surface area (Å²) in [4.78, 5) is 35.8. The lowest BCUT2D eigenvalue weighted by Gasteiger charge is -2.04. The molecule has 104 valence electrons. The van der Waals surface area contributed by atoms with E-state index in [4.69, 9.17) is 0 Å². The lowest BCUT2D eigenvalue weighted by atomic mass is 10.2. The monoisotopic (exact) mass is 292 g/mol. The first-order chi connectivity index (χ1) is 9.65. The van der Waals surface area contributed by atoms with Crippen molar-refractivity contribution in [3.05, 3.63) is 56.7 Å². The van der Waals surface area contributed by atoms with Crippen molar-refractivity contribution in [3.8, 4) is 0 Å². The van der Waals surface area contributed by atoms with Crippen molar-refractivity contribution < 1.29 is 4.79 Å². The highest BCUT2D eigenvalue weighted by Crippen LogP contribution is 2.07. The molecule has 8 heteroatoms. The molecule has 0 radical (unpaired) electrons. The minimum Gasteiger partial charge on any atom is -0.351 e. The van der Waals surface area contributed by atoms with Crippen LogP contribution >= 0.6 is 11.8 Å². The van der Waals surface area contributed by atoms with Gasteiger partial charge in [0.25, 0.3) is 5.56 Å². The van der Waals surface area contributed by atoms with Gasteiger partial charge < -0.3 is 5.32 Å². The van der Waals surface area contributed by atoms with E-state index in [1.165, 1.54) is 0 Å². The first kappa shape index (κ1) is 14.1. The van der Waals surface area contributed by atoms with Crippen molar-refractivity contribution in [2.45, 2.75) is 11.6 Å². The number of aromatic amines is 2. The number of carbonyl (C=O) groups excluding carboxylic acids is 1. The Morgan fingerprint density at radius 3 is 2.70 bits per heavy atom. The molecule has 0 bridgehead atoms. The molecular formula is C12H12N4O3S. The number of rotatable bonds is 5. The van der Waals surface area contributed by atoms with E-state index in [1.54, 1.807) is 0 Å². The van der Waals surface area contributed by atoms with Gasteiger partial charge in [0.05, 0.1) is 5.75 Å². The van der Waals surface area contributed by atoms with Crippen LogP contribution in [-0.2, 0) is 11.3 Å². The molecule has 20 heavy (non-hydrogen) atoms. The second-order valence-corrected chi connectivity index (χ2v) is 4.83. The van der Waals surface area contributed by atoms with E-state index in [9.17, 15) is 14.4 Å². The maximum Gasteiger partial charge on any atom is 0.342 e. The number of thioether (sulfide) groups is 1. The molecule has 1 amide bonds. The van der Waals surface area contributed by atoms with Crippen LogP contribution in [0.15, 0.2) is 44.9 Å². The number of benzene rings is 1. The Morgan fingerprint density at radius 1 is 1.25 bits per heavy atom. The van der Waals surface area contributed by atoms with Crippen LogP contribution in [0, 0.1) is 0 Å². The van der Waals surface area contributed by atoms with Crippen LogP contribution in [0.5, 0.6) is 0 Å². The summed E-state index contributed by atoms with van der Waals surface area (Å²) in [5, 5.41) is 8.46. The summed E-state index contributed by atoms with van der Waals surface area (Å²) in [5.74, 6) is -0.166. The first-order valence-electron chi connectivity index (χ1n) is 5.77. The Bertz CT molecular complexity index is 696. The third-order valence-electron chi connectivity index (χ3n) is 2.35. The van der Waals surface area contributed by atoms with E-state index < -0.39 is 11.2 Å². The second-order valence-electron chi connectivity index (χ2n) is 3.86. The normalized spacial score (nSPS) is 10.2. The molecule has 0 aliphatic rings. The van der Waals surface area contributed by atoms with Gasteiger partial charge in [-0.25, -0.2) is 9.89 Å². The average molecular weight is 292 g/mol. The van der Waals surface area contributed by atoms with Crippen LogP contribution in [0.2, 0.25) is 0 Å². The minimum atomic E-state index is -0.673. The van der Waals surface area contributed by atoms with Crippen molar-refractivity contribution in [2.24, 2.45) is 0 Å². The number of hydrogen-bond donors (Lipinski definition) is 3. The van der Waals surface area contributed by atoms with Gasteiger partial charge in [-0.15, -0.1) is 0 Å². The standard InChI is InChI=1S/C12H12N4O3S/c17-9(13-6-8-4-2-1-3-5-8)7-20-11-10(18)14-12(19)16-15-11/h1-5H,6-7H2,(H,13,17)(H2,14,16,18,19). The van der Waals surface area contributed by atoms with Gasteiger partial charge in [0.15, 0.2) is 5.03 Å². The van der Waals surface area contributed by atoms with E-state index in [0.29, 0.717) is 6.54 Å². The van der Waals surface area contributed by atoms with Gasteiger partial charge in [-0.3, -0.25) is 14.6 Å². The van der Waals surface area contributed by atoms with E-state index >= 15 is 0 Å². The number of H-pyrrole nitrogens is 2. The number of aromatic nitrogens is 3. The van der Waals surface area contributed by atoms with Gasteiger partial charge >= 0.3 is 5.69 Å². The molecule has 0 unspecified atom stereocenters. The zero-order chi connectivity index (χ0) is 14.4. The predicted octanol–water partition coefficient (Wildman–Crippen LogP) is -0.133. The Balaban J connectivity index is 1.83. The number of hydrogen-bond acceptors (Lipinski definition) is 5. The van der Waals surface area contributed by atoms with Crippen molar-refractivity contribution in [1.29, 1.82) is 0 Å². The molecular weight excluding hydrogens is 280 g/mol. The highest BCUT2D eigenvalue weighted by Gasteiger charge is 2.07. The Morgan fingerprint density at radius 2 is 2.00 bits per heavy atom. The number of nitrogens with zero attached hydrogens (tertiary/aromatic N) is 1. The van der Waals surface area contributed by atoms with Gasteiger partial charge in [-0.2, -0.15) is 5.10 Å². The fraction of sp³-hybridized carbons (Fsp3) is 0.167. The largest absolute Gasteiger partial charge is 0.351 e. The molecule has 0 aliphatic heterocycles. The minimum absolute atomic E-state index is 0.0506. The van der Waals surface area contributed by atoms with Gasteiger partial charge in [0, 0.05) is 6.54 Å². The van der Waals surface area contributed by atoms with Crippen LogP contribution in [0.4, 0.5) is 0 Å². The maximum absolute atomic E-state index is 11.6. The molecule has 7 nitrogen and oxygen atoms in total. The zero-order valence-corrected chi connectivity index (χ0v) is 11.2. The maximum atomic E-state index is 11.6. The molecule has 1 aromatic carbocycles. The third kappa shape index (κ3) is 4.09. The van der Waals surface area contributed by atoms with Crippen molar-refractivity contribution in [3.63, 3.8) is 0 Å². The summed E-state index contributed by atoms with van der Waals surface area (Å²) in [6, 6.07) is 9.48. The van der Waals surface area contributed by atoms with Gasteiger partial charge in [0.2, 0.25) is 5.91 Å². The van der Waals surface area contributed by atoms with Crippen LogP contribution in [0.1, 0.15) is 5.56 Å². The SMILES string of the molecule is O=C(CSc1n[nH]c(=O)[nH]c1=O)NCc1ccccc1. The molecule has 0 saturated carbocycles. The van der Waals surface area contributed by atoms with Crippen LogP contribution in [0.25, 0.3) is 0 Å². The molecule has 0 atom stereocenters. The summed E-state index contributed by atoms with van der Waals surface area (Å²) in [6.07, 6.45) is 0. The van der Waals surface area contributed by atoms with Crippen molar-refractivity contribution in [2.75, 3.05) is 5.75 Å². The smallest absolute Gasteiger partial charge is 0.342 e. The van der Waals surface area contributed by atoms with Crippen LogP contribution < -0.4 is 16.6 Å². The van der Waals surface area contributed by atoms with Gasteiger partial charge in [-0.05, 0) is 5.56 Å². The molecule has 0 spiro atoms. The molecule has 3 N–H and O–H groups in total. The summed E-state index contributed by atoms with van der Waals surface area (Å²) < 4.78 is 0. The van der Waals surface area contributed by atoms with Crippen LogP contribution in [-0.4, -0.2) is 26.8 Å². The second kappa shape index (κ2) is 6.71. The lowest BCUT2D eigenvalue weighted by molar-refractivity contribution is -0.118. The van der Waals surface area contributed by atoms with Crippen molar-refractivity contribution in [1.82, 2.24) is 20.5 Å². The molecule has 1 aromatic heterocycles. The van der Waals surface area contributed by atoms with Crippen molar-refractivity contribution >= 4 is 17.7 Å². The highest BCUT2D eigenvalue weighted by atomic mass is 32.2. The highest BCUT2D eigenvalue weighted by molar-refractivity contribution is 7.99. The quantitative estimate of drug-likeness (QED) is 0.665. The van der Waals surface area contributed by atoms with Gasteiger partial charge in [0.1, 0.15) is 0 Å². The van der Waals surface area contributed by atoms with Gasteiger partial charge in [-0.1, -0.05) is 42.1 Å². The molecule has 1 heterocycles. The zero-order valence-electron chi connectivity index (χ0n) is 10.4. The first-order valence-corrected chi connectivity index (χ1v) is 6.76. The fourth-order valence-corrected chi connectivity index (χ4v) is 2.08. The van der Waals surface area contributed by atoms with Crippen LogP contribution in [0.3, 0.4) is 0 Å². The predicted molar refractivity (Wildman–Crippen MR) is 74.5 cm³/mol. The fourth-order valence-electron chi connectivity index (χ4n) is 1.42. The number of amides is 1. The average Bonchev–Trinajstić information content (AvgIpc) is 2.45. The molecule has 0 saturated heterocycles. The van der Waals surface area contributed by atoms with E-state index in [2.05, 4.69) is 15.5 Å². The number of nitrogens with one attached hydrogen (secondary N) is 3. The Hall–Kier alpha value is -2.35. The summed E-state index contributed by atoms with van der Waals surface area (Å²) in [7, 11) is 0. The lowest BCUT2D eigenvalue weighted by Crippen LogP contribution is -2.27. The topological polar surface area (TPSA) is 108 Å². The Kier molecular flexibility index (Phi) is 4.72. The molecule has 0 fully saturated rings. The molecule has 2 rings (SSSR count). The van der Waals surface area contributed by atoms with E-state index in [-0.39, 0.29) is 16.7 Å². The third-order valence-corrected chi connectivity index (χ3v) is 3.31. The molecule has 0 aliphatic carbocycles. The van der Waals surface area contributed by atoms with E-state index in [1.807, 2.05) is 35.3 Å². The summed E-state index contributed by atoms with van der Waals surface area (Å²) >= 11 is 0.962. The molecule has 2 aromatic rings. The summed E-state index contributed by atoms with van der Waals surface area (Å²) in [6.45, 7) is 0.426.